The maximum atomic E-state index is 12.6. The lowest BCUT2D eigenvalue weighted by molar-refractivity contribution is 0.0641. The summed E-state index contributed by atoms with van der Waals surface area (Å²) >= 11 is 3.17. The van der Waals surface area contributed by atoms with Gasteiger partial charge in [-0.3, -0.25) is 4.79 Å². The number of fused-ring (bicyclic) bond motifs is 1. The van der Waals surface area contributed by atoms with Gasteiger partial charge in [-0.15, -0.1) is 11.3 Å². The highest BCUT2D eigenvalue weighted by atomic mass is 32.1. The third-order valence-electron chi connectivity index (χ3n) is 3.74. The van der Waals surface area contributed by atoms with E-state index < -0.39 is 0 Å². The molecule has 1 atom stereocenters. The van der Waals surface area contributed by atoms with E-state index in [1.165, 1.54) is 17.8 Å². The van der Waals surface area contributed by atoms with E-state index in [0.29, 0.717) is 6.04 Å². The molecule has 2 aromatic rings. The van der Waals surface area contributed by atoms with Gasteiger partial charge in [0.1, 0.15) is 4.83 Å². The van der Waals surface area contributed by atoms with Crippen LogP contribution in [0.2, 0.25) is 0 Å². The second kappa shape index (κ2) is 5.33. The van der Waals surface area contributed by atoms with Crippen molar-refractivity contribution >= 4 is 43.2 Å². The number of hydrogen-bond acceptors (Lipinski definition) is 5. The van der Waals surface area contributed by atoms with Crippen LogP contribution in [0.4, 0.5) is 5.13 Å². The molecule has 20 heavy (non-hydrogen) atoms. The summed E-state index contributed by atoms with van der Waals surface area (Å²) in [5, 5.41) is 0.997. The Hall–Kier alpha value is -1.14. The number of aromatic nitrogens is 1. The molecule has 1 saturated heterocycles. The molecule has 1 fully saturated rings. The van der Waals surface area contributed by atoms with Crippen LogP contribution in [0.15, 0.2) is 6.07 Å². The molecule has 6 heteroatoms. The van der Waals surface area contributed by atoms with Crippen LogP contribution in [0, 0.1) is 0 Å². The fourth-order valence-corrected chi connectivity index (χ4v) is 4.65. The number of carbonyl (C=O) groups excluding carboxylic acids is 1. The van der Waals surface area contributed by atoms with E-state index in [9.17, 15) is 4.79 Å². The van der Waals surface area contributed by atoms with Crippen molar-refractivity contribution in [1.82, 2.24) is 9.88 Å². The van der Waals surface area contributed by atoms with E-state index in [1.807, 2.05) is 30.0 Å². The molecule has 3 rings (SSSR count). The fraction of sp³-hybridized carbons (Fsp3) is 0.571. The summed E-state index contributed by atoms with van der Waals surface area (Å²) in [4.78, 5) is 23.0. The first-order valence-corrected chi connectivity index (χ1v) is 8.58. The topological polar surface area (TPSA) is 36.4 Å². The van der Waals surface area contributed by atoms with Gasteiger partial charge in [0.2, 0.25) is 0 Å². The van der Waals surface area contributed by atoms with Crippen LogP contribution < -0.4 is 4.90 Å². The maximum Gasteiger partial charge on any atom is 0.264 e. The van der Waals surface area contributed by atoms with E-state index >= 15 is 0 Å². The molecule has 1 aliphatic heterocycles. The Kier molecular flexibility index (Phi) is 3.69. The summed E-state index contributed by atoms with van der Waals surface area (Å²) in [6.07, 6.45) is 3.48. The molecule has 0 unspecified atom stereocenters. The Morgan fingerprint density at radius 2 is 2.20 bits per heavy atom. The van der Waals surface area contributed by atoms with Crippen molar-refractivity contribution in [2.24, 2.45) is 0 Å². The van der Waals surface area contributed by atoms with Gasteiger partial charge in [-0.1, -0.05) is 11.3 Å². The minimum absolute atomic E-state index is 0.179. The summed E-state index contributed by atoms with van der Waals surface area (Å²) in [5.74, 6) is 0.179. The number of likely N-dealkylation sites (tertiary alicyclic amines) is 1. The van der Waals surface area contributed by atoms with Crippen LogP contribution in [-0.4, -0.2) is 42.5 Å². The third-order valence-corrected chi connectivity index (χ3v) is 6.05. The molecule has 0 bridgehead atoms. The van der Waals surface area contributed by atoms with Crippen LogP contribution in [0.5, 0.6) is 0 Å². The Morgan fingerprint density at radius 3 is 2.85 bits per heavy atom. The zero-order valence-electron chi connectivity index (χ0n) is 12.0. The molecule has 1 aliphatic rings. The Balaban J connectivity index is 1.86. The van der Waals surface area contributed by atoms with Crippen LogP contribution in [0.1, 0.15) is 35.9 Å². The minimum atomic E-state index is 0.179. The van der Waals surface area contributed by atoms with E-state index in [0.717, 1.165) is 38.9 Å². The van der Waals surface area contributed by atoms with E-state index in [1.54, 1.807) is 11.3 Å². The number of nitrogens with zero attached hydrogens (tertiary/aromatic N) is 3. The summed E-state index contributed by atoms with van der Waals surface area (Å²) < 4.78 is 1.12. The van der Waals surface area contributed by atoms with Crippen molar-refractivity contribution in [2.75, 3.05) is 25.5 Å². The predicted molar refractivity (Wildman–Crippen MR) is 86.2 cm³/mol. The van der Waals surface area contributed by atoms with Crippen molar-refractivity contribution in [1.29, 1.82) is 0 Å². The largest absolute Gasteiger partial charge is 0.354 e. The summed E-state index contributed by atoms with van der Waals surface area (Å²) in [6, 6.07) is 2.37. The first kappa shape index (κ1) is 13.8. The number of carbonyl (C=O) groups is 1. The second-order valence-corrected chi connectivity index (χ2v) is 7.55. The van der Waals surface area contributed by atoms with Gasteiger partial charge >= 0.3 is 0 Å². The number of hydrogen-bond donors (Lipinski definition) is 0. The number of thiazole rings is 1. The average molecular weight is 309 g/mol. The molecule has 2 aromatic heterocycles. The molecule has 0 aromatic carbocycles. The van der Waals surface area contributed by atoms with Gasteiger partial charge in [0.05, 0.1) is 9.58 Å². The van der Waals surface area contributed by atoms with Crippen LogP contribution in [0.3, 0.4) is 0 Å². The SMILES string of the molecule is C[C@H]1CCCCN1C(=O)c1cc2sc(N(C)C)nc2s1. The lowest BCUT2D eigenvalue weighted by atomic mass is 10.0. The first-order valence-electron chi connectivity index (χ1n) is 6.95. The normalized spacial score (nSPS) is 19.6. The summed E-state index contributed by atoms with van der Waals surface area (Å²) in [7, 11) is 3.98. The number of thiophene rings is 1. The Morgan fingerprint density at radius 1 is 1.40 bits per heavy atom. The van der Waals surface area contributed by atoms with Gasteiger partial charge in [-0.25, -0.2) is 4.98 Å². The molecule has 0 saturated carbocycles. The van der Waals surface area contributed by atoms with E-state index in [2.05, 4.69) is 11.9 Å². The van der Waals surface area contributed by atoms with Crippen LogP contribution >= 0.6 is 22.7 Å². The highest BCUT2D eigenvalue weighted by Gasteiger charge is 2.26. The lowest BCUT2D eigenvalue weighted by Gasteiger charge is -2.33. The van der Waals surface area contributed by atoms with Gasteiger partial charge < -0.3 is 9.80 Å². The lowest BCUT2D eigenvalue weighted by Crippen LogP contribution is -2.41. The highest BCUT2D eigenvalue weighted by Crippen LogP contribution is 2.35. The fourth-order valence-electron chi connectivity index (χ4n) is 2.56. The van der Waals surface area contributed by atoms with Crippen molar-refractivity contribution < 1.29 is 4.79 Å². The van der Waals surface area contributed by atoms with Gasteiger partial charge in [-0.05, 0) is 32.3 Å². The predicted octanol–water partition coefficient (Wildman–Crippen LogP) is 3.44. The van der Waals surface area contributed by atoms with Crippen molar-refractivity contribution in [3.05, 3.63) is 10.9 Å². The van der Waals surface area contributed by atoms with Crippen LogP contribution in [-0.2, 0) is 0 Å². The standard InChI is InChI=1S/C14H19N3OS2/c1-9-6-4-5-7-17(9)13(18)11-8-10-12(19-11)15-14(20-10)16(2)3/h8-9H,4-7H2,1-3H3/t9-/m0/s1. The zero-order valence-corrected chi connectivity index (χ0v) is 13.7. The average Bonchev–Trinajstić information content (AvgIpc) is 2.96. The monoisotopic (exact) mass is 309 g/mol. The molecule has 1 amide bonds. The van der Waals surface area contributed by atoms with E-state index in [-0.39, 0.29) is 5.91 Å². The minimum Gasteiger partial charge on any atom is -0.354 e. The summed E-state index contributed by atoms with van der Waals surface area (Å²) in [5.41, 5.74) is 0. The van der Waals surface area contributed by atoms with Gasteiger partial charge in [0.25, 0.3) is 5.91 Å². The van der Waals surface area contributed by atoms with Gasteiger partial charge in [0, 0.05) is 26.7 Å². The number of anilines is 1. The van der Waals surface area contributed by atoms with Crippen LogP contribution in [0.25, 0.3) is 9.53 Å². The number of rotatable bonds is 2. The molecule has 4 nitrogen and oxygen atoms in total. The molecule has 108 valence electrons. The van der Waals surface area contributed by atoms with Crippen molar-refractivity contribution in [3.8, 4) is 0 Å². The Bertz CT molecular complexity index is 600. The molecule has 3 heterocycles. The Labute approximate surface area is 127 Å². The molecule has 0 N–H and O–H groups in total. The second-order valence-electron chi connectivity index (χ2n) is 5.51. The van der Waals surface area contributed by atoms with Crippen molar-refractivity contribution in [3.63, 3.8) is 0 Å². The van der Waals surface area contributed by atoms with Gasteiger partial charge in [0.15, 0.2) is 5.13 Å². The zero-order chi connectivity index (χ0) is 14.3. The molecule has 0 radical (unpaired) electrons. The first-order chi connectivity index (χ1) is 9.56. The summed E-state index contributed by atoms with van der Waals surface area (Å²) in [6.45, 7) is 3.04. The molecular weight excluding hydrogens is 290 g/mol. The quantitative estimate of drug-likeness (QED) is 0.852. The number of amides is 1. The van der Waals surface area contributed by atoms with Crippen molar-refractivity contribution in [2.45, 2.75) is 32.2 Å². The molecule has 0 aliphatic carbocycles. The van der Waals surface area contributed by atoms with E-state index in [4.69, 9.17) is 0 Å². The smallest absolute Gasteiger partial charge is 0.264 e. The highest BCUT2D eigenvalue weighted by molar-refractivity contribution is 7.29. The molecular formula is C14H19N3OS2. The number of piperidine rings is 1. The van der Waals surface area contributed by atoms with Gasteiger partial charge in [-0.2, -0.15) is 0 Å². The third kappa shape index (κ3) is 2.42. The molecule has 0 spiro atoms. The maximum absolute atomic E-state index is 12.6.